The number of hydrogen-bond donors (Lipinski definition) is 1. The van der Waals surface area contributed by atoms with Crippen molar-refractivity contribution in [3.63, 3.8) is 0 Å². The Bertz CT molecular complexity index is 1460. The highest BCUT2D eigenvalue weighted by Gasteiger charge is 2.35. The third kappa shape index (κ3) is 5.11. The highest BCUT2D eigenvalue weighted by molar-refractivity contribution is 8.27. The van der Waals surface area contributed by atoms with Gasteiger partial charge in [0.25, 0.3) is 5.91 Å². The molecule has 0 radical (unpaired) electrons. The van der Waals surface area contributed by atoms with Crippen molar-refractivity contribution in [3.05, 3.63) is 101 Å². The molecule has 0 unspecified atom stereocenters. The number of para-hydroxylation sites is 1. The maximum Gasteiger partial charge on any atom is 0.343 e. The molecule has 0 aliphatic carbocycles. The summed E-state index contributed by atoms with van der Waals surface area (Å²) in [7, 11) is 0. The van der Waals surface area contributed by atoms with Gasteiger partial charge in [0.05, 0.1) is 11.1 Å². The molecule has 2 heterocycles. The molecule has 1 N–H and O–H groups in total. The Hall–Kier alpha value is -4.50. The smallest absolute Gasteiger partial charge is 0.343 e. The standard InChI is InChI=1S/C27H20N4O4S/c1-17-7-5-9-19(13-17)26(33)35-21-12-6-8-18(14-21)15-22-24(28)31-27(29-25(22)32)36-23(30-31)16-34-20-10-3-2-4-11-20/h2-15,28H,16H2,1H3/b22-15-,28-24?. The van der Waals surface area contributed by atoms with Crippen LogP contribution in [0.5, 0.6) is 11.5 Å². The second-order valence-corrected chi connectivity index (χ2v) is 8.99. The molecule has 0 aromatic heterocycles. The van der Waals surface area contributed by atoms with E-state index in [1.54, 1.807) is 42.5 Å². The molecule has 2 aliphatic rings. The molecule has 8 nitrogen and oxygen atoms in total. The van der Waals surface area contributed by atoms with Crippen molar-refractivity contribution in [3.8, 4) is 11.5 Å². The maximum absolute atomic E-state index is 12.7. The van der Waals surface area contributed by atoms with Gasteiger partial charge in [-0.2, -0.15) is 15.1 Å². The molecule has 0 spiro atoms. The fraction of sp³-hybridized carbons (Fsp3) is 0.0741. The third-order valence-electron chi connectivity index (χ3n) is 5.24. The van der Waals surface area contributed by atoms with E-state index in [1.165, 1.54) is 22.8 Å². The van der Waals surface area contributed by atoms with E-state index in [9.17, 15) is 9.59 Å². The molecule has 5 rings (SSSR count). The summed E-state index contributed by atoms with van der Waals surface area (Å²) < 4.78 is 11.2. The number of ether oxygens (including phenoxy) is 2. The van der Waals surface area contributed by atoms with E-state index in [4.69, 9.17) is 14.9 Å². The predicted molar refractivity (Wildman–Crippen MR) is 140 cm³/mol. The summed E-state index contributed by atoms with van der Waals surface area (Å²) in [5.74, 6) is -0.0872. The van der Waals surface area contributed by atoms with Gasteiger partial charge in [-0.25, -0.2) is 4.79 Å². The number of amides is 1. The molecule has 3 aromatic carbocycles. The molecule has 0 fully saturated rings. The van der Waals surface area contributed by atoms with Crippen LogP contribution in [0.15, 0.2) is 94.5 Å². The van der Waals surface area contributed by atoms with Crippen molar-refractivity contribution in [2.75, 3.05) is 6.61 Å². The van der Waals surface area contributed by atoms with Gasteiger partial charge in [-0.15, -0.1) is 0 Å². The SMILES string of the molecule is Cc1cccc(C(=O)Oc2cccc(/C=C3/C(=N)N4N=C(COc5ccccc5)SC4=NC3=O)c2)c1. The molecule has 2 aliphatic heterocycles. The summed E-state index contributed by atoms with van der Waals surface area (Å²) in [6.45, 7) is 2.09. The second kappa shape index (κ2) is 10.0. The van der Waals surface area contributed by atoms with E-state index in [0.717, 1.165) is 5.56 Å². The van der Waals surface area contributed by atoms with Crippen molar-refractivity contribution in [1.82, 2.24) is 5.01 Å². The molecule has 3 aromatic rings. The van der Waals surface area contributed by atoms with Gasteiger partial charge in [0, 0.05) is 0 Å². The summed E-state index contributed by atoms with van der Waals surface area (Å²) in [4.78, 5) is 29.3. The van der Waals surface area contributed by atoms with Crippen molar-refractivity contribution in [1.29, 1.82) is 5.41 Å². The lowest BCUT2D eigenvalue weighted by Crippen LogP contribution is -2.35. The predicted octanol–water partition coefficient (Wildman–Crippen LogP) is 4.91. The minimum Gasteiger partial charge on any atom is -0.487 e. The van der Waals surface area contributed by atoms with Gasteiger partial charge in [0.15, 0.2) is 5.84 Å². The van der Waals surface area contributed by atoms with Gasteiger partial charge >= 0.3 is 5.97 Å². The molecule has 9 heteroatoms. The van der Waals surface area contributed by atoms with E-state index in [-0.39, 0.29) is 18.0 Å². The molecule has 178 valence electrons. The van der Waals surface area contributed by atoms with Crippen LogP contribution in [0.2, 0.25) is 0 Å². The van der Waals surface area contributed by atoms with Crippen molar-refractivity contribution in [2.24, 2.45) is 10.1 Å². The first-order valence-electron chi connectivity index (χ1n) is 11.0. The first kappa shape index (κ1) is 23.3. The minimum atomic E-state index is -0.540. The Morgan fingerprint density at radius 3 is 2.61 bits per heavy atom. The summed E-state index contributed by atoms with van der Waals surface area (Å²) in [5.41, 5.74) is 2.06. The molecular formula is C27H20N4O4S. The highest BCUT2D eigenvalue weighted by Crippen LogP contribution is 2.29. The molecule has 0 saturated carbocycles. The largest absolute Gasteiger partial charge is 0.487 e. The molecule has 0 saturated heterocycles. The fourth-order valence-electron chi connectivity index (χ4n) is 3.52. The zero-order valence-corrected chi connectivity index (χ0v) is 20.0. The molecule has 0 bridgehead atoms. The Kier molecular flexibility index (Phi) is 6.46. The Balaban J connectivity index is 1.31. The zero-order chi connectivity index (χ0) is 25.1. The van der Waals surface area contributed by atoms with Crippen LogP contribution in [0, 0.1) is 12.3 Å². The van der Waals surface area contributed by atoms with E-state index in [1.807, 2.05) is 43.3 Å². The van der Waals surface area contributed by atoms with Gasteiger partial charge in [-0.3, -0.25) is 10.2 Å². The lowest BCUT2D eigenvalue weighted by Gasteiger charge is -2.20. The Morgan fingerprint density at radius 2 is 1.81 bits per heavy atom. The normalized spacial score (nSPS) is 15.9. The van der Waals surface area contributed by atoms with Gasteiger partial charge < -0.3 is 9.47 Å². The minimum absolute atomic E-state index is 0.0792. The second-order valence-electron chi connectivity index (χ2n) is 7.95. The number of carbonyl (C=O) groups excluding carboxylic acids is 2. The Morgan fingerprint density at radius 1 is 1.03 bits per heavy atom. The topological polar surface area (TPSA) is 104 Å². The fourth-order valence-corrected chi connectivity index (χ4v) is 4.32. The third-order valence-corrected chi connectivity index (χ3v) is 6.12. The van der Waals surface area contributed by atoms with Crippen LogP contribution in [0.25, 0.3) is 6.08 Å². The number of amidine groups is 2. The number of hydrogen-bond acceptors (Lipinski definition) is 7. The van der Waals surface area contributed by atoms with Crippen LogP contribution in [0.3, 0.4) is 0 Å². The van der Waals surface area contributed by atoms with Crippen LogP contribution in [0.4, 0.5) is 0 Å². The quantitative estimate of drug-likeness (QED) is 0.295. The zero-order valence-electron chi connectivity index (χ0n) is 19.2. The number of rotatable bonds is 6. The van der Waals surface area contributed by atoms with Crippen molar-refractivity contribution in [2.45, 2.75) is 6.92 Å². The number of nitrogens with zero attached hydrogens (tertiary/aromatic N) is 3. The van der Waals surface area contributed by atoms with Crippen molar-refractivity contribution >= 4 is 45.8 Å². The number of nitrogens with one attached hydrogen (secondary N) is 1. The molecule has 1 amide bonds. The van der Waals surface area contributed by atoms with Gasteiger partial charge in [0.1, 0.15) is 23.1 Å². The first-order chi connectivity index (χ1) is 17.5. The van der Waals surface area contributed by atoms with Crippen LogP contribution in [-0.2, 0) is 4.79 Å². The van der Waals surface area contributed by atoms with E-state index in [0.29, 0.717) is 32.8 Å². The number of aryl methyl sites for hydroxylation is 1. The monoisotopic (exact) mass is 496 g/mol. The number of carbonyl (C=O) groups is 2. The van der Waals surface area contributed by atoms with Crippen molar-refractivity contribution < 1.29 is 19.1 Å². The number of hydrazone groups is 1. The summed E-state index contributed by atoms with van der Waals surface area (Å²) in [6, 6.07) is 23.2. The van der Waals surface area contributed by atoms with Gasteiger partial charge in [-0.1, -0.05) is 48.0 Å². The van der Waals surface area contributed by atoms with Crippen LogP contribution in [0.1, 0.15) is 21.5 Å². The number of benzene rings is 3. The summed E-state index contributed by atoms with van der Waals surface area (Å²) >= 11 is 1.19. The number of aliphatic imine (C=N–C) groups is 1. The van der Waals surface area contributed by atoms with E-state index >= 15 is 0 Å². The first-order valence-corrected chi connectivity index (χ1v) is 11.8. The van der Waals surface area contributed by atoms with E-state index in [2.05, 4.69) is 10.1 Å². The lowest BCUT2D eigenvalue weighted by molar-refractivity contribution is -0.114. The van der Waals surface area contributed by atoms with Gasteiger partial charge in [-0.05, 0) is 66.7 Å². The van der Waals surface area contributed by atoms with Crippen LogP contribution < -0.4 is 9.47 Å². The number of fused-ring (bicyclic) bond motifs is 1. The van der Waals surface area contributed by atoms with Gasteiger partial charge in [0.2, 0.25) is 5.17 Å². The molecule has 0 atom stereocenters. The average Bonchev–Trinajstić information content (AvgIpc) is 3.29. The molecule has 36 heavy (non-hydrogen) atoms. The summed E-state index contributed by atoms with van der Waals surface area (Å²) in [6.07, 6.45) is 1.54. The Labute approximate surface area is 211 Å². The molecular weight excluding hydrogens is 476 g/mol. The highest BCUT2D eigenvalue weighted by atomic mass is 32.2. The number of thioether (sulfide) groups is 1. The summed E-state index contributed by atoms with van der Waals surface area (Å²) in [5, 5.41) is 15.2. The number of esters is 1. The maximum atomic E-state index is 12.7. The van der Waals surface area contributed by atoms with Crippen LogP contribution in [-0.4, -0.2) is 39.5 Å². The van der Waals surface area contributed by atoms with E-state index < -0.39 is 11.9 Å². The van der Waals surface area contributed by atoms with Crippen LogP contribution >= 0.6 is 11.8 Å². The average molecular weight is 497 g/mol. The lowest BCUT2D eigenvalue weighted by atomic mass is 10.1.